The van der Waals surface area contributed by atoms with E-state index in [9.17, 15) is 9.18 Å². The van der Waals surface area contributed by atoms with Crippen molar-refractivity contribution in [1.29, 1.82) is 0 Å². The highest BCUT2D eigenvalue weighted by Crippen LogP contribution is 2.28. The number of halogens is 1. The minimum Gasteiger partial charge on any atom is -0.481 e. The van der Waals surface area contributed by atoms with Gasteiger partial charge in [0.1, 0.15) is 5.75 Å². The number of para-hydroxylation sites is 1. The maximum atomic E-state index is 13.7. The number of carbonyl (C=O) groups is 1. The third-order valence-electron chi connectivity index (χ3n) is 2.86. The molecule has 104 valence electrons. The molecule has 4 nitrogen and oxygen atoms in total. The van der Waals surface area contributed by atoms with E-state index in [4.69, 9.17) is 15.6 Å². The van der Waals surface area contributed by atoms with Crippen LogP contribution in [0.1, 0.15) is 11.5 Å². The van der Waals surface area contributed by atoms with E-state index in [1.54, 1.807) is 24.3 Å². The molecule has 2 rings (SSSR count). The average Bonchev–Trinajstić information content (AvgIpc) is 2.44. The summed E-state index contributed by atoms with van der Waals surface area (Å²) in [6.07, 6.45) is 0. The predicted octanol–water partition coefficient (Wildman–Crippen LogP) is 2.74. The van der Waals surface area contributed by atoms with Gasteiger partial charge in [0.2, 0.25) is 0 Å². The van der Waals surface area contributed by atoms with E-state index in [1.165, 1.54) is 18.2 Å². The molecule has 0 bridgehead atoms. The first-order valence-electron chi connectivity index (χ1n) is 6.07. The van der Waals surface area contributed by atoms with Gasteiger partial charge in [0.05, 0.1) is 5.92 Å². The molecular formula is C15H14FNO3. The lowest BCUT2D eigenvalue weighted by Crippen LogP contribution is -2.21. The summed E-state index contributed by atoms with van der Waals surface area (Å²) in [5, 5.41) is 9.06. The summed E-state index contributed by atoms with van der Waals surface area (Å²) in [5.41, 5.74) is 5.84. The fourth-order valence-corrected chi connectivity index (χ4v) is 1.81. The number of carboxylic acids is 1. The molecule has 5 heteroatoms. The number of ether oxygens (including phenoxy) is 1. The molecule has 0 fully saturated rings. The summed E-state index contributed by atoms with van der Waals surface area (Å²) in [5.74, 6) is -2.03. The Morgan fingerprint density at radius 3 is 2.55 bits per heavy atom. The van der Waals surface area contributed by atoms with Gasteiger partial charge in [-0.3, -0.25) is 4.79 Å². The molecule has 20 heavy (non-hydrogen) atoms. The van der Waals surface area contributed by atoms with Crippen molar-refractivity contribution >= 4 is 5.97 Å². The minimum absolute atomic E-state index is 0.0200. The Kier molecular flexibility index (Phi) is 4.32. The van der Waals surface area contributed by atoms with E-state index < -0.39 is 17.7 Å². The van der Waals surface area contributed by atoms with Gasteiger partial charge in [-0.2, -0.15) is 0 Å². The molecule has 0 amide bonds. The Morgan fingerprint density at radius 1 is 1.25 bits per heavy atom. The lowest BCUT2D eigenvalue weighted by Gasteiger charge is -2.13. The van der Waals surface area contributed by atoms with Crippen LogP contribution in [0.5, 0.6) is 11.5 Å². The third-order valence-corrected chi connectivity index (χ3v) is 2.86. The van der Waals surface area contributed by atoms with Crippen molar-refractivity contribution in [3.63, 3.8) is 0 Å². The molecule has 0 heterocycles. The van der Waals surface area contributed by atoms with Crippen LogP contribution in [0.3, 0.4) is 0 Å². The highest BCUT2D eigenvalue weighted by molar-refractivity contribution is 5.76. The highest BCUT2D eigenvalue weighted by atomic mass is 19.1. The van der Waals surface area contributed by atoms with Gasteiger partial charge in [-0.15, -0.1) is 0 Å². The number of aliphatic carboxylic acids is 1. The van der Waals surface area contributed by atoms with Gasteiger partial charge >= 0.3 is 5.97 Å². The zero-order chi connectivity index (χ0) is 14.5. The van der Waals surface area contributed by atoms with Crippen molar-refractivity contribution in [1.82, 2.24) is 0 Å². The van der Waals surface area contributed by atoms with Crippen LogP contribution in [-0.2, 0) is 4.79 Å². The van der Waals surface area contributed by atoms with Crippen molar-refractivity contribution in [3.8, 4) is 11.5 Å². The summed E-state index contributed by atoms with van der Waals surface area (Å²) >= 11 is 0. The van der Waals surface area contributed by atoms with Gasteiger partial charge in [0, 0.05) is 6.54 Å². The smallest absolute Gasteiger partial charge is 0.312 e. The second kappa shape index (κ2) is 6.16. The van der Waals surface area contributed by atoms with Gasteiger partial charge in [-0.1, -0.05) is 24.3 Å². The van der Waals surface area contributed by atoms with Gasteiger partial charge in [0.25, 0.3) is 0 Å². The van der Waals surface area contributed by atoms with Crippen molar-refractivity contribution in [2.45, 2.75) is 5.92 Å². The normalized spacial score (nSPS) is 11.9. The number of rotatable bonds is 5. The van der Waals surface area contributed by atoms with Gasteiger partial charge in [-0.05, 0) is 29.8 Å². The Morgan fingerprint density at radius 2 is 1.95 bits per heavy atom. The Balaban J connectivity index is 2.31. The van der Waals surface area contributed by atoms with E-state index in [-0.39, 0.29) is 12.3 Å². The molecule has 0 radical (unpaired) electrons. The molecule has 0 aromatic heterocycles. The van der Waals surface area contributed by atoms with Crippen molar-refractivity contribution in [3.05, 3.63) is 59.9 Å². The van der Waals surface area contributed by atoms with Crippen molar-refractivity contribution in [2.24, 2.45) is 5.73 Å². The lowest BCUT2D eigenvalue weighted by atomic mass is 9.99. The fraction of sp³-hybridized carbons (Fsp3) is 0.133. The van der Waals surface area contributed by atoms with Crippen LogP contribution in [-0.4, -0.2) is 17.6 Å². The maximum absolute atomic E-state index is 13.7. The first-order chi connectivity index (χ1) is 9.61. The minimum atomic E-state index is -1.05. The largest absolute Gasteiger partial charge is 0.481 e. The van der Waals surface area contributed by atoms with E-state index in [1.807, 2.05) is 6.07 Å². The number of hydrogen-bond acceptors (Lipinski definition) is 3. The molecule has 2 aromatic carbocycles. The first-order valence-corrected chi connectivity index (χ1v) is 6.07. The molecular weight excluding hydrogens is 261 g/mol. The number of nitrogens with two attached hydrogens (primary N) is 1. The van der Waals surface area contributed by atoms with Crippen LogP contribution in [0.25, 0.3) is 0 Å². The maximum Gasteiger partial charge on any atom is 0.312 e. The summed E-state index contributed by atoms with van der Waals surface area (Å²) < 4.78 is 19.1. The molecule has 0 saturated heterocycles. The molecule has 0 aliphatic heterocycles. The number of benzene rings is 2. The Labute approximate surface area is 115 Å². The number of carboxylic acid groups (broad SMARTS) is 1. The zero-order valence-corrected chi connectivity index (χ0v) is 10.6. The summed E-state index contributed by atoms with van der Waals surface area (Å²) in [6.45, 7) is -0.0637. The van der Waals surface area contributed by atoms with Gasteiger partial charge in [0.15, 0.2) is 11.6 Å². The number of hydrogen-bond donors (Lipinski definition) is 2. The summed E-state index contributed by atoms with van der Waals surface area (Å²) in [6, 6.07) is 12.7. The average molecular weight is 275 g/mol. The molecule has 0 aliphatic rings. The van der Waals surface area contributed by atoms with Crippen molar-refractivity contribution in [2.75, 3.05) is 6.54 Å². The van der Waals surface area contributed by atoms with Crippen LogP contribution in [0.2, 0.25) is 0 Å². The second-order valence-corrected chi connectivity index (χ2v) is 4.23. The predicted molar refractivity (Wildman–Crippen MR) is 72.3 cm³/mol. The van der Waals surface area contributed by atoms with Gasteiger partial charge in [-0.25, -0.2) is 4.39 Å². The lowest BCUT2D eigenvalue weighted by molar-refractivity contribution is -0.138. The van der Waals surface area contributed by atoms with Crippen LogP contribution in [0, 0.1) is 5.82 Å². The van der Waals surface area contributed by atoms with Crippen LogP contribution in [0.4, 0.5) is 4.39 Å². The van der Waals surface area contributed by atoms with E-state index in [2.05, 4.69) is 0 Å². The second-order valence-electron chi connectivity index (χ2n) is 4.23. The molecule has 1 atom stereocenters. The molecule has 0 aliphatic carbocycles. The van der Waals surface area contributed by atoms with Crippen LogP contribution < -0.4 is 10.5 Å². The first kappa shape index (κ1) is 14.0. The Bertz CT molecular complexity index is 601. The fourth-order valence-electron chi connectivity index (χ4n) is 1.81. The summed E-state index contributed by atoms with van der Waals surface area (Å²) in [7, 11) is 0. The summed E-state index contributed by atoms with van der Waals surface area (Å²) in [4.78, 5) is 11.1. The zero-order valence-electron chi connectivity index (χ0n) is 10.6. The molecule has 2 aromatic rings. The van der Waals surface area contributed by atoms with E-state index in [0.29, 0.717) is 11.3 Å². The molecule has 0 spiro atoms. The quantitative estimate of drug-likeness (QED) is 0.880. The van der Waals surface area contributed by atoms with E-state index >= 15 is 0 Å². The van der Waals surface area contributed by atoms with E-state index in [0.717, 1.165) is 0 Å². The highest BCUT2D eigenvalue weighted by Gasteiger charge is 2.19. The standard InChI is InChI=1S/C15H14FNO3/c16-13-7-6-10(12(9-17)15(18)19)8-14(13)20-11-4-2-1-3-5-11/h1-8,12H,9,17H2,(H,18,19). The molecule has 3 N–H and O–H groups in total. The molecule has 0 saturated carbocycles. The Hall–Kier alpha value is -2.40. The third kappa shape index (κ3) is 3.13. The SMILES string of the molecule is NCC(C(=O)O)c1ccc(F)c(Oc2ccccc2)c1. The van der Waals surface area contributed by atoms with Crippen LogP contribution in [0.15, 0.2) is 48.5 Å². The monoisotopic (exact) mass is 275 g/mol. The van der Waals surface area contributed by atoms with Crippen LogP contribution >= 0.6 is 0 Å². The van der Waals surface area contributed by atoms with Crippen molar-refractivity contribution < 1.29 is 19.0 Å². The topological polar surface area (TPSA) is 72.6 Å². The molecule has 1 unspecified atom stereocenters. The van der Waals surface area contributed by atoms with Gasteiger partial charge < -0.3 is 15.6 Å².